The lowest BCUT2D eigenvalue weighted by molar-refractivity contribution is -0.136. The zero-order valence-electron chi connectivity index (χ0n) is 10.2. The summed E-state index contributed by atoms with van der Waals surface area (Å²) < 4.78 is 5.54. The first kappa shape index (κ1) is 11.7. The molecule has 2 heterocycles. The Hall–Kier alpha value is -1.39. The van der Waals surface area contributed by atoms with Gasteiger partial charge in [0.1, 0.15) is 6.10 Å². The minimum atomic E-state index is -0.987. The standard InChI is InChI=1S/C14H17NO3/c16-12-13-11(7-4-8-18-13)15(14(12)17)9-10-5-2-1-3-6-10/h1-3,5-6,11-13,16H,4,7-9H2/t11-,12-,13+/m0/s1. The SMILES string of the molecule is O=C1[C@@H](O)[C@@H]2OCCC[C@@H]2N1Cc1ccccc1. The zero-order chi connectivity index (χ0) is 12.5. The van der Waals surface area contributed by atoms with E-state index in [1.165, 1.54) is 0 Å². The molecule has 3 atom stereocenters. The van der Waals surface area contributed by atoms with Crippen molar-refractivity contribution in [2.24, 2.45) is 0 Å². The van der Waals surface area contributed by atoms with Crippen LogP contribution in [0.3, 0.4) is 0 Å². The Morgan fingerprint density at radius 3 is 2.89 bits per heavy atom. The molecule has 96 valence electrons. The van der Waals surface area contributed by atoms with Gasteiger partial charge in [-0.3, -0.25) is 4.79 Å². The molecule has 2 fully saturated rings. The van der Waals surface area contributed by atoms with Crippen molar-refractivity contribution < 1.29 is 14.6 Å². The van der Waals surface area contributed by atoms with Crippen molar-refractivity contribution in [1.29, 1.82) is 0 Å². The Morgan fingerprint density at radius 1 is 1.33 bits per heavy atom. The molecule has 1 N–H and O–H groups in total. The monoisotopic (exact) mass is 247 g/mol. The van der Waals surface area contributed by atoms with E-state index in [1.54, 1.807) is 4.90 Å². The van der Waals surface area contributed by atoms with E-state index in [2.05, 4.69) is 0 Å². The number of aliphatic hydroxyl groups is 1. The van der Waals surface area contributed by atoms with Crippen molar-refractivity contribution in [2.45, 2.75) is 37.6 Å². The van der Waals surface area contributed by atoms with Crippen molar-refractivity contribution in [1.82, 2.24) is 4.90 Å². The summed E-state index contributed by atoms with van der Waals surface area (Å²) in [6.45, 7) is 1.20. The van der Waals surface area contributed by atoms with Crippen LogP contribution in [0.4, 0.5) is 0 Å². The first-order valence-electron chi connectivity index (χ1n) is 6.41. The third kappa shape index (κ3) is 1.91. The minimum absolute atomic E-state index is 0.0291. The van der Waals surface area contributed by atoms with Gasteiger partial charge in [0.15, 0.2) is 6.10 Å². The van der Waals surface area contributed by atoms with E-state index in [1.807, 2.05) is 30.3 Å². The molecule has 2 aliphatic rings. The minimum Gasteiger partial charge on any atom is -0.380 e. The number of hydrogen-bond donors (Lipinski definition) is 1. The van der Waals surface area contributed by atoms with E-state index in [0.717, 1.165) is 18.4 Å². The maximum Gasteiger partial charge on any atom is 0.254 e. The summed E-state index contributed by atoms with van der Waals surface area (Å²) in [6.07, 6.45) is 0.543. The molecule has 4 nitrogen and oxygen atoms in total. The molecule has 0 saturated carbocycles. The van der Waals surface area contributed by atoms with Gasteiger partial charge in [-0.05, 0) is 18.4 Å². The molecule has 1 aromatic rings. The lowest BCUT2D eigenvalue weighted by Gasteiger charge is -2.31. The number of amides is 1. The van der Waals surface area contributed by atoms with E-state index in [0.29, 0.717) is 13.2 Å². The van der Waals surface area contributed by atoms with Gasteiger partial charge in [-0.15, -0.1) is 0 Å². The molecule has 4 heteroatoms. The number of benzene rings is 1. The highest BCUT2D eigenvalue weighted by Gasteiger charge is 2.48. The first-order valence-corrected chi connectivity index (χ1v) is 6.41. The molecule has 0 bridgehead atoms. The second-order valence-electron chi connectivity index (χ2n) is 4.94. The Balaban J connectivity index is 1.80. The molecule has 0 aromatic heterocycles. The van der Waals surface area contributed by atoms with E-state index < -0.39 is 6.10 Å². The quantitative estimate of drug-likeness (QED) is 0.846. The van der Waals surface area contributed by atoms with Crippen LogP contribution in [0.5, 0.6) is 0 Å². The van der Waals surface area contributed by atoms with Crippen LogP contribution in [-0.4, -0.2) is 40.8 Å². The van der Waals surface area contributed by atoms with Crippen LogP contribution in [0.15, 0.2) is 30.3 Å². The summed E-state index contributed by atoms with van der Waals surface area (Å²) in [4.78, 5) is 13.8. The fraction of sp³-hybridized carbons (Fsp3) is 0.500. The fourth-order valence-corrected chi connectivity index (χ4v) is 2.87. The van der Waals surface area contributed by atoms with E-state index >= 15 is 0 Å². The van der Waals surface area contributed by atoms with E-state index in [-0.39, 0.29) is 18.1 Å². The third-order valence-corrected chi connectivity index (χ3v) is 3.78. The highest BCUT2D eigenvalue weighted by molar-refractivity contribution is 5.84. The maximum absolute atomic E-state index is 12.1. The van der Waals surface area contributed by atoms with Crippen molar-refractivity contribution in [3.05, 3.63) is 35.9 Å². The summed E-state index contributed by atoms with van der Waals surface area (Å²) in [5.41, 5.74) is 1.09. The molecule has 2 saturated heterocycles. The molecule has 0 unspecified atom stereocenters. The van der Waals surface area contributed by atoms with Crippen LogP contribution in [0, 0.1) is 0 Å². The van der Waals surface area contributed by atoms with Crippen molar-refractivity contribution >= 4 is 5.91 Å². The number of likely N-dealkylation sites (tertiary alicyclic amines) is 1. The summed E-state index contributed by atoms with van der Waals surface area (Å²) >= 11 is 0. The topological polar surface area (TPSA) is 49.8 Å². The number of aliphatic hydroxyl groups excluding tert-OH is 1. The van der Waals surface area contributed by atoms with Crippen LogP contribution in [0.25, 0.3) is 0 Å². The second-order valence-corrected chi connectivity index (χ2v) is 4.94. The van der Waals surface area contributed by atoms with Crippen molar-refractivity contribution in [3.63, 3.8) is 0 Å². The average Bonchev–Trinajstić information content (AvgIpc) is 2.66. The van der Waals surface area contributed by atoms with Crippen LogP contribution < -0.4 is 0 Å². The molecule has 2 aliphatic heterocycles. The number of hydrogen-bond acceptors (Lipinski definition) is 3. The predicted octanol–water partition coefficient (Wildman–Crippen LogP) is 0.937. The van der Waals surface area contributed by atoms with Gasteiger partial charge in [-0.2, -0.15) is 0 Å². The van der Waals surface area contributed by atoms with Gasteiger partial charge in [0.2, 0.25) is 0 Å². The number of nitrogens with zero attached hydrogens (tertiary/aromatic N) is 1. The first-order chi connectivity index (χ1) is 8.77. The molecule has 0 aliphatic carbocycles. The van der Waals surface area contributed by atoms with Gasteiger partial charge < -0.3 is 14.7 Å². The third-order valence-electron chi connectivity index (χ3n) is 3.78. The summed E-state index contributed by atoms with van der Waals surface area (Å²) in [7, 11) is 0. The smallest absolute Gasteiger partial charge is 0.254 e. The lowest BCUT2D eigenvalue weighted by Crippen LogP contribution is -2.41. The molecule has 3 rings (SSSR count). The highest BCUT2D eigenvalue weighted by Crippen LogP contribution is 2.31. The van der Waals surface area contributed by atoms with Crippen molar-refractivity contribution in [3.8, 4) is 0 Å². The normalized spacial score (nSPS) is 31.5. The molecular weight excluding hydrogens is 230 g/mol. The largest absolute Gasteiger partial charge is 0.380 e. The number of fused-ring (bicyclic) bond motifs is 1. The Bertz CT molecular complexity index is 434. The molecule has 1 amide bonds. The molecule has 0 spiro atoms. The van der Waals surface area contributed by atoms with Gasteiger partial charge in [0, 0.05) is 13.2 Å². The highest BCUT2D eigenvalue weighted by atomic mass is 16.5. The Labute approximate surface area is 106 Å². The van der Waals surface area contributed by atoms with Crippen LogP contribution in [0.2, 0.25) is 0 Å². The lowest BCUT2D eigenvalue weighted by atomic mass is 10.0. The van der Waals surface area contributed by atoms with E-state index in [4.69, 9.17) is 4.74 Å². The maximum atomic E-state index is 12.1. The predicted molar refractivity (Wildman–Crippen MR) is 65.8 cm³/mol. The summed E-state index contributed by atoms with van der Waals surface area (Å²) in [5, 5.41) is 9.93. The Morgan fingerprint density at radius 2 is 2.11 bits per heavy atom. The average molecular weight is 247 g/mol. The number of rotatable bonds is 2. The number of carbonyl (C=O) groups is 1. The fourth-order valence-electron chi connectivity index (χ4n) is 2.87. The zero-order valence-corrected chi connectivity index (χ0v) is 10.2. The Kier molecular flexibility index (Phi) is 3.06. The molecule has 18 heavy (non-hydrogen) atoms. The van der Waals surface area contributed by atoms with Gasteiger partial charge in [-0.1, -0.05) is 30.3 Å². The van der Waals surface area contributed by atoms with Gasteiger partial charge >= 0.3 is 0 Å². The van der Waals surface area contributed by atoms with Gasteiger partial charge in [0.25, 0.3) is 5.91 Å². The van der Waals surface area contributed by atoms with Gasteiger partial charge in [0.05, 0.1) is 6.04 Å². The van der Waals surface area contributed by atoms with Crippen LogP contribution >= 0.6 is 0 Å². The van der Waals surface area contributed by atoms with E-state index in [9.17, 15) is 9.90 Å². The van der Waals surface area contributed by atoms with Crippen LogP contribution in [-0.2, 0) is 16.1 Å². The van der Waals surface area contributed by atoms with Gasteiger partial charge in [-0.25, -0.2) is 0 Å². The van der Waals surface area contributed by atoms with Crippen LogP contribution in [0.1, 0.15) is 18.4 Å². The number of ether oxygens (including phenoxy) is 1. The molecule has 1 aromatic carbocycles. The second kappa shape index (κ2) is 4.71. The summed E-state index contributed by atoms with van der Waals surface area (Å²) in [6, 6.07) is 9.90. The molecular formula is C14H17NO3. The van der Waals surface area contributed by atoms with Crippen molar-refractivity contribution in [2.75, 3.05) is 6.61 Å². The number of carbonyl (C=O) groups excluding carboxylic acids is 1. The molecule has 0 radical (unpaired) electrons. The summed E-state index contributed by atoms with van der Waals surface area (Å²) in [5.74, 6) is -0.198.